The second-order valence-corrected chi connectivity index (χ2v) is 7.29. The molecule has 2 heterocycles. The molecular weight excluding hydrogens is 370 g/mol. The number of benzene rings is 2. The van der Waals surface area contributed by atoms with E-state index in [2.05, 4.69) is 5.32 Å². The molecule has 1 unspecified atom stereocenters. The van der Waals surface area contributed by atoms with Crippen molar-refractivity contribution >= 4 is 17.7 Å². The highest BCUT2D eigenvalue weighted by Gasteiger charge is 2.39. The van der Waals surface area contributed by atoms with Gasteiger partial charge in [-0.15, -0.1) is 0 Å². The lowest BCUT2D eigenvalue weighted by molar-refractivity contribution is -0.134. The van der Waals surface area contributed by atoms with Gasteiger partial charge < -0.3 is 15.0 Å². The number of nitrogens with zero attached hydrogens (tertiary/aromatic N) is 2. The third kappa shape index (κ3) is 3.38. The highest BCUT2D eigenvalue weighted by Crippen LogP contribution is 2.31. The van der Waals surface area contributed by atoms with Gasteiger partial charge in [0.15, 0.2) is 0 Å². The Kier molecular flexibility index (Phi) is 5.07. The molecule has 2 aromatic carbocycles. The number of hydrogen-bond donors (Lipinski definition) is 1. The Balaban J connectivity index is 1.57. The van der Waals surface area contributed by atoms with Gasteiger partial charge in [0.1, 0.15) is 12.3 Å². The van der Waals surface area contributed by atoms with E-state index in [-0.39, 0.29) is 18.5 Å². The van der Waals surface area contributed by atoms with Crippen molar-refractivity contribution < 1.29 is 19.1 Å². The Morgan fingerprint density at radius 1 is 1.14 bits per heavy atom. The van der Waals surface area contributed by atoms with Crippen LogP contribution in [-0.4, -0.2) is 60.8 Å². The molecule has 0 saturated carbocycles. The summed E-state index contributed by atoms with van der Waals surface area (Å²) >= 11 is 0. The third-order valence-electron chi connectivity index (χ3n) is 5.48. The van der Waals surface area contributed by atoms with Crippen molar-refractivity contribution in [2.45, 2.75) is 13.0 Å². The maximum absolute atomic E-state index is 13.2. The summed E-state index contributed by atoms with van der Waals surface area (Å²) in [6, 6.07) is 12.5. The van der Waals surface area contributed by atoms with Crippen molar-refractivity contribution in [1.29, 1.82) is 0 Å². The number of amides is 3. The normalized spacial score (nSPS) is 18.8. The molecule has 0 aliphatic carbocycles. The van der Waals surface area contributed by atoms with Gasteiger partial charge in [-0.05, 0) is 25.1 Å². The first kappa shape index (κ1) is 19.1. The van der Waals surface area contributed by atoms with Gasteiger partial charge in [-0.3, -0.25) is 19.3 Å². The van der Waals surface area contributed by atoms with Crippen LogP contribution < -0.4 is 10.1 Å². The molecule has 1 saturated heterocycles. The van der Waals surface area contributed by atoms with Crippen molar-refractivity contribution in [3.63, 3.8) is 0 Å². The van der Waals surface area contributed by atoms with Crippen LogP contribution >= 0.6 is 0 Å². The molecule has 7 heteroatoms. The summed E-state index contributed by atoms with van der Waals surface area (Å²) in [4.78, 5) is 41.4. The van der Waals surface area contributed by atoms with Gasteiger partial charge in [0.25, 0.3) is 11.8 Å². The summed E-state index contributed by atoms with van der Waals surface area (Å²) in [5, 5.41) is 3.30. The van der Waals surface area contributed by atoms with Gasteiger partial charge in [-0.25, -0.2) is 0 Å². The van der Waals surface area contributed by atoms with E-state index in [1.54, 1.807) is 30.2 Å². The van der Waals surface area contributed by atoms with Crippen LogP contribution in [-0.2, 0) is 4.79 Å². The molecule has 1 atom stereocenters. The molecule has 0 spiro atoms. The maximum Gasteiger partial charge on any atom is 0.262 e. The molecular formula is C22H23N3O4. The summed E-state index contributed by atoms with van der Waals surface area (Å²) in [5.41, 5.74) is 2.52. The highest BCUT2D eigenvalue weighted by atomic mass is 16.5. The van der Waals surface area contributed by atoms with Gasteiger partial charge in [-0.1, -0.05) is 29.8 Å². The smallest absolute Gasteiger partial charge is 0.262 e. The predicted molar refractivity (Wildman–Crippen MR) is 107 cm³/mol. The zero-order valence-electron chi connectivity index (χ0n) is 16.5. The second kappa shape index (κ2) is 7.67. The van der Waals surface area contributed by atoms with Crippen LogP contribution in [0.5, 0.6) is 5.75 Å². The number of nitrogens with one attached hydrogen (secondary N) is 1. The van der Waals surface area contributed by atoms with Gasteiger partial charge in [0.05, 0.1) is 24.3 Å². The molecule has 1 N–H and O–H groups in total. The summed E-state index contributed by atoms with van der Waals surface area (Å²) in [6.07, 6.45) is 0. The van der Waals surface area contributed by atoms with Crippen molar-refractivity contribution in [1.82, 2.24) is 15.1 Å². The minimum Gasteiger partial charge on any atom is -0.496 e. The summed E-state index contributed by atoms with van der Waals surface area (Å²) in [5.74, 6) is -0.378. The van der Waals surface area contributed by atoms with Gasteiger partial charge in [-0.2, -0.15) is 0 Å². The number of carbonyl (C=O) groups excluding carboxylic acids is 3. The number of piperazine rings is 1. The lowest BCUT2D eigenvalue weighted by Crippen LogP contribution is -2.52. The number of fused-ring (bicyclic) bond motifs is 1. The maximum atomic E-state index is 13.2. The van der Waals surface area contributed by atoms with E-state index in [0.717, 1.165) is 16.0 Å². The fraction of sp³-hybridized carbons (Fsp3) is 0.318. The van der Waals surface area contributed by atoms with E-state index in [4.69, 9.17) is 4.74 Å². The monoisotopic (exact) mass is 393 g/mol. The van der Waals surface area contributed by atoms with Crippen molar-refractivity contribution in [2.24, 2.45) is 0 Å². The third-order valence-corrected chi connectivity index (χ3v) is 5.48. The van der Waals surface area contributed by atoms with Crippen LogP contribution in [0.25, 0.3) is 0 Å². The first-order valence-electron chi connectivity index (χ1n) is 9.61. The van der Waals surface area contributed by atoms with E-state index in [0.29, 0.717) is 36.5 Å². The number of rotatable bonds is 4. The number of imide groups is 1. The molecule has 4 rings (SSSR count). The van der Waals surface area contributed by atoms with Crippen molar-refractivity contribution in [3.8, 4) is 5.75 Å². The zero-order chi connectivity index (χ0) is 20.5. The molecule has 2 aromatic rings. The van der Waals surface area contributed by atoms with Crippen LogP contribution in [0.15, 0.2) is 42.5 Å². The van der Waals surface area contributed by atoms with E-state index < -0.39 is 11.8 Å². The van der Waals surface area contributed by atoms with Gasteiger partial charge >= 0.3 is 0 Å². The SMILES string of the molecule is COc1ccccc1C1CNCCN1C(=O)CN1C(=O)c2ccc(C)cc2C1=O. The average Bonchev–Trinajstić information content (AvgIpc) is 2.97. The van der Waals surface area contributed by atoms with Crippen LogP contribution in [0.3, 0.4) is 0 Å². The minimum absolute atomic E-state index is 0.232. The van der Waals surface area contributed by atoms with Crippen molar-refractivity contribution in [2.75, 3.05) is 33.3 Å². The zero-order valence-corrected chi connectivity index (χ0v) is 16.5. The summed E-state index contributed by atoms with van der Waals surface area (Å²) < 4.78 is 5.46. The van der Waals surface area contributed by atoms with Crippen LogP contribution in [0.2, 0.25) is 0 Å². The Labute approximate surface area is 169 Å². The van der Waals surface area contributed by atoms with Crippen LogP contribution in [0, 0.1) is 6.92 Å². The number of aryl methyl sites for hydroxylation is 1. The van der Waals surface area contributed by atoms with Gasteiger partial charge in [0, 0.05) is 25.2 Å². The van der Waals surface area contributed by atoms with Crippen LogP contribution in [0.1, 0.15) is 37.9 Å². The summed E-state index contributed by atoms with van der Waals surface area (Å²) in [6.45, 7) is 3.32. The standard InChI is InChI=1S/C22H23N3O4/c1-14-7-8-15-17(11-14)22(28)25(21(15)27)13-20(26)24-10-9-23-12-18(24)16-5-3-4-6-19(16)29-2/h3-8,11,18,23H,9-10,12-13H2,1-2H3. The van der Waals surface area contributed by atoms with Gasteiger partial charge in [0.2, 0.25) is 5.91 Å². The Bertz CT molecular complexity index is 988. The predicted octanol–water partition coefficient (Wildman–Crippen LogP) is 1.77. The fourth-order valence-electron chi connectivity index (χ4n) is 4.00. The lowest BCUT2D eigenvalue weighted by Gasteiger charge is -2.37. The molecule has 2 aliphatic rings. The number of hydrogen-bond acceptors (Lipinski definition) is 5. The van der Waals surface area contributed by atoms with E-state index in [1.807, 2.05) is 31.2 Å². The second-order valence-electron chi connectivity index (χ2n) is 7.29. The van der Waals surface area contributed by atoms with Crippen molar-refractivity contribution in [3.05, 3.63) is 64.7 Å². The lowest BCUT2D eigenvalue weighted by atomic mass is 10.0. The van der Waals surface area contributed by atoms with E-state index in [9.17, 15) is 14.4 Å². The van der Waals surface area contributed by atoms with E-state index in [1.165, 1.54) is 0 Å². The number of para-hydroxylation sites is 1. The Hall–Kier alpha value is -3.19. The molecule has 0 radical (unpaired) electrons. The molecule has 7 nitrogen and oxygen atoms in total. The topological polar surface area (TPSA) is 79.0 Å². The molecule has 29 heavy (non-hydrogen) atoms. The number of methoxy groups -OCH3 is 1. The molecule has 1 fully saturated rings. The van der Waals surface area contributed by atoms with Crippen LogP contribution in [0.4, 0.5) is 0 Å². The molecule has 0 aromatic heterocycles. The Morgan fingerprint density at radius 2 is 1.90 bits per heavy atom. The first-order chi connectivity index (χ1) is 14.0. The number of carbonyl (C=O) groups is 3. The largest absolute Gasteiger partial charge is 0.496 e. The fourth-order valence-corrected chi connectivity index (χ4v) is 4.00. The molecule has 3 amide bonds. The molecule has 2 aliphatic heterocycles. The first-order valence-corrected chi connectivity index (χ1v) is 9.61. The quantitative estimate of drug-likeness (QED) is 0.801. The highest BCUT2D eigenvalue weighted by molar-refractivity contribution is 6.22. The van der Waals surface area contributed by atoms with E-state index >= 15 is 0 Å². The Morgan fingerprint density at radius 3 is 2.69 bits per heavy atom. The summed E-state index contributed by atoms with van der Waals surface area (Å²) in [7, 11) is 1.60. The average molecular weight is 393 g/mol. The molecule has 150 valence electrons. The molecule has 0 bridgehead atoms. The minimum atomic E-state index is -0.415. The number of ether oxygens (including phenoxy) is 1.